The maximum atomic E-state index is 8.19. The standard InChI is InChI=1S/C8H10N4S/c9-11-10-7-4-12(5-7)6-8-2-1-3-13-8/h1-3,7H,4-6H2. The average Bonchev–Trinajstić information content (AvgIpc) is 2.53. The van der Waals surface area contributed by atoms with E-state index in [2.05, 4.69) is 32.4 Å². The Bertz CT molecular complexity index is 309. The van der Waals surface area contributed by atoms with Crippen LogP contribution in [0.15, 0.2) is 22.6 Å². The molecule has 4 nitrogen and oxygen atoms in total. The second-order valence-corrected chi connectivity index (χ2v) is 4.16. The van der Waals surface area contributed by atoms with Gasteiger partial charge in [0.25, 0.3) is 0 Å². The van der Waals surface area contributed by atoms with Gasteiger partial charge in [-0.15, -0.1) is 11.3 Å². The van der Waals surface area contributed by atoms with Crippen molar-refractivity contribution in [1.82, 2.24) is 4.90 Å². The topological polar surface area (TPSA) is 52.0 Å². The first-order chi connectivity index (χ1) is 6.38. The van der Waals surface area contributed by atoms with Crippen molar-refractivity contribution >= 4 is 11.3 Å². The zero-order valence-electron chi connectivity index (χ0n) is 7.13. The first-order valence-corrected chi connectivity index (χ1v) is 5.05. The SMILES string of the molecule is [N-]=[N+]=NC1CN(Cc2cccs2)C1. The van der Waals surface area contributed by atoms with Crippen LogP contribution in [-0.4, -0.2) is 24.0 Å². The van der Waals surface area contributed by atoms with Crippen LogP contribution in [0.25, 0.3) is 10.4 Å². The molecule has 5 heteroatoms. The van der Waals surface area contributed by atoms with Crippen LogP contribution in [0, 0.1) is 0 Å². The molecule has 13 heavy (non-hydrogen) atoms. The number of likely N-dealkylation sites (tertiary alicyclic amines) is 1. The fraction of sp³-hybridized carbons (Fsp3) is 0.500. The van der Waals surface area contributed by atoms with Crippen molar-refractivity contribution in [2.45, 2.75) is 12.6 Å². The lowest BCUT2D eigenvalue weighted by Crippen LogP contribution is -2.48. The van der Waals surface area contributed by atoms with Crippen molar-refractivity contribution in [2.75, 3.05) is 13.1 Å². The minimum atomic E-state index is 0.199. The molecule has 2 rings (SSSR count). The van der Waals surface area contributed by atoms with E-state index in [1.54, 1.807) is 11.3 Å². The summed E-state index contributed by atoms with van der Waals surface area (Å²) in [6.45, 7) is 2.80. The third-order valence-electron chi connectivity index (χ3n) is 2.11. The molecular weight excluding hydrogens is 184 g/mol. The van der Waals surface area contributed by atoms with Gasteiger partial charge < -0.3 is 0 Å². The van der Waals surface area contributed by atoms with E-state index in [-0.39, 0.29) is 6.04 Å². The van der Waals surface area contributed by atoms with Crippen molar-refractivity contribution in [2.24, 2.45) is 5.11 Å². The Kier molecular flexibility index (Phi) is 2.49. The fourth-order valence-corrected chi connectivity index (χ4v) is 2.19. The normalized spacial score (nSPS) is 17.8. The van der Waals surface area contributed by atoms with Gasteiger partial charge >= 0.3 is 0 Å². The summed E-state index contributed by atoms with van der Waals surface area (Å²) >= 11 is 1.77. The lowest BCUT2D eigenvalue weighted by molar-refractivity contribution is 0.144. The zero-order chi connectivity index (χ0) is 9.10. The lowest BCUT2D eigenvalue weighted by atomic mass is 10.1. The third-order valence-corrected chi connectivity index (χ3v) is 2.97. The van der Waals surface area contributed by atoms with Crippen LogP contribution in [0.1, 0.15) is 4.88 Å². The van der Waals surface area contributed by atoms with Crippen LogP contribution in [0.4, 0.5) is 0 Å². The fourth-order valence-electron chi connectivity index (χ4n) is 1.44. The molecule has 0 N–H and O–H groups in total. The van der Waals surface area contributed by atoms with Gasteiger partial charge in [-0.3, -0.25) is 4.90 Å². The van der Waals surface area contributed by atoms with Gasteiger partial charge in [0.05, 0.1) is 6.04 Å². The Morgan fingerprint density at radius 1 is 1.69 bits per heavy atom. The van der Waals surface area contributed by atoms with Crippen molar-refractivity contribution in [3.8, 4) is 0 Å². The maximum absolute atomic E-state index is 8.19. The Hall–Kier alpha value is -1.03. The first kappa shape index (κ1) is 8.56. The van der Waals surface area contributed by atoms with Gasteiger partial charge in [0.2, 0.25) is 0 Å². The van der Waals surface area contributed by atoms with Gasteiger partial charge in [-0.25, -0.2) is 0 Å². The molecule has 0 radical (unpaired) electrons. The van der Waals surface area contributed by atoms with E-state index in [9.17, 15) is 0 Å². The van der Waals surface area contributed by atoms with Gasteiger partial charge in [0, 0.05) is 29.4 Å². The maximum Gasteiger partial charge on any atom is 0.0628 e. The molecule has 2 heterocycles. The summed E-state index contributed by atoms with van der Waals surface area (Å²) in [5, 5.41) is 5.74. The Morgan fingerprint density at radius 2 is 2.54 bits per heavy atom. The molecule has 1 fully saturated rings. The minimum Gasteiger partial charge on any atom is -0.297 e. The van der Waals surface area contributed by atoms with Gasteiger partial charge in [0.15, 0.2) is 0 Å². The molecule has 0 aromatic carbocycles. The van der Waals surface area contributed by atoms with E-state index in [1.165, 1.54) is 4.88 Å². The highest BCUT2D eigenvalue weighted by molar-refractivity contribution is 7.09. The van der Waals surface area contributed by atoms with Crippen molar-refractivity contribution < 1.29 is 0 Å². The van der Waals surface area contributed by atoms with Crippen LogP contribution < -0.4 is 0 Å². The van der Waals surface area contributed by atoms with E-state index in [0.29, 0.717) is 0 Å². The quantitative estimate of drug-likeness (QED) is 0.413. The van der Waals surface area contributed by atoms with E-state index >= 15 is 0 Å². The van der Waals surface area contributed by atoms with Gasteiger partial charge in [-0.2, -0.15) is 0 Å². The van der Waals surface area contributed by atoms with E-state index < -0.39 is 0 Å². The number of thiophene rings is 1. The van der Waals surface area contributed by atoms with Crippen molar-refractivity contribution in [3.05, 3.63) is 32.8 Å². The second kappa shape index (κ2) is 3.79. The van der Waals surface area contributed by atoms with Crippen molar-refractivity contribution in [1.29, 1.82) is 0 Å². The summed E-state index contributed by atoms with van der Waals surface area (Å²) in [4.78, 5) is 6.45. The predicted octanol–water partition coefficient (Wildman–Crippen LogP) is 2.24. The number of rotatable bonds is 3. The molecule has 0 aliphatic carbocycles. The summed E-state index contributed by atoms with van der Waals surface area (Å²) < 4.78 is 0. The summed E-state index contributed by atoms with van der Waals surface area (Å²) in [5.74, 6) is 0. The second-order valence-electron chi connectivity index (χ2n) is 3.13. The first-order valence-electron chi connectivity index (χ1n) is 4.17. The Balaban J connectivity index is 1.79. The highest BCUT2D eigenvalue weighted by Crippen LogP contribution is 2.18. The highest BCUT2D eigenvalue weighted by Gasteiger charge is 2.25. The molecular formula is C8H10N4S. The average molecular weight is 194 g/mol. The molecule has 1 aliphatic heterocycles. The van der Waals surface area contributed by atoms with Crippen LogP contribution in [0.5, 0.6) is 0 Å². The monoisotopic (exact) mass is 194 g/mol. The Morgan fingerprint density at radius 3 is 3.15 bits per heavy atom. The smallest absolute Gasteiger partial charge is 0.0628 e. The van der Waals surface area contributed by atoms with E-state index in [4.69, 9.17) is 5.53 Å². The van der Waals surface area contributed by atoms with Crippen LogP contribution in [0.2, 0.25) is 0 Å². The number of nitrogens with zero attached hydrogens (tertiary/aromatic N) is 4. The van der Waals surface area contributed by atoms with Crippen LogP contribution >= 0.6 is 11.3 Å². The minimum absolute atomic E-state index is 0.199. The number of hydrogen-bond acceptors (Lipinski definition) is 3. The molecule has 1 saturated heterocycles. The summed E-state index contributed by atoms with van der Waals surface area (Å²) in [6, 6.07) is 4.39. The molecule has 1 aromatic heterocycles. The zero-order valence-corrected chi connectivity index (χ0v) is 7.94. The number of azide groups is 1. The number of hydrogen-bond donors (Lipinski definition) is 0. The molecule has 0 spiro atoms. The van der Waals surface area contributed by atoms with E-state index in [1.807, 2.05) is 0 Å². The largest absolute Gasteiger partial charge is 0.297 e. The summed E-state index contributed by atoms with van der Waals surface area (Å²) in [6.07, 6.45) is 0. The molecule has 1 aliphatic rings. The van der Waals surface area contributed by atoms with Crippen LogP contribution in [-0.2, 0) is 6.54 Å². The molecule has 0 unspecified atom stereocenters. The lowest BCUT2D eigenvalue weighted by Gasteiger charge is -2.36. The molecule has 1 aromatic rings. The van der Waals surface area contributed by atoms with Gasteiger partial charge in [-0.05, 0) is 17.0 Å². The molecule has 0 amide bonds. The molecule has 68 valence electrons. The molecule has 0 atom stereocenters. The van der Waals surface area contributed by atoms with Gasteiger partial charge in [-0.1, -0.05) is 11.2 Å². The predicted molar refractivity (Wildman–Crippen MR) is 52.5 cm³/mol. The molecule has 0 saturated carbocycles. The van der Waals surface area contributed by atoms with Gasteiger partial charge in [0.1, 0.15) is 0 Å². The van der Waals surface area contributed by atoms with Crippen LogP contribution in [0.3, 0.4) is 0 Å². The summed E-state index contributed by atoms with van der Waals surface area (Å²) in [7, 11) is 0. The third kappa shape index (κ3) is 2.01. The molecule has 0 bridgehead atoms. The highest BCUT2D eigenvalue weighted by atomic mass is 32.1. The summed E-state index contributed by atoms with van der Waals surface area (Å²) in [5.41, 5.74) is 8.19. The Labute approximate surface area is 80.4 Å². The van der Waals surface area contributed by atoms with Crippen molar-refractivity contribution in [3.63, 3.8) is 0 Å². The van der Waals surface area contributed by atoms with E-state index in [0.717, 1.165) is 19.6 Å².